The minimum Gasteiger partial charge on any atom is -0.393 e. The van der Waals surface area contributed by atoms with Crippen LogP contribution in [-0.4, -0.2) is 11.2 Å². The summed E-state index contributed by atoms with van der Waals surface area (Å²) in [6.45, 7) is 9.49. The first-order chi connectivity index (χ1) is 11.9. The molecule has 0 saturated heterocycles. The fourth-order valence-corrected chi connectivity index (χ4v) is 7.83. The Balaban J connectivity index is 1.63. The lowest BCUT2D eigenvalue weighted by molar-refractivity contribution is -0.0536. The fraction of sp³-hybridized carbons (Fsp3) is 0.833. The summed E-state index contributed by atoms with van der Waals surface area (Å²) in [5.41, 5.74) is 2.47. The van der Waals surface area contributed by atoms with Gasteiger partial charge in [0.1, 0.15) is 0 Å². The Morgan fingerprint density at radius 3 is 2.68 bits per heavy atom. The molecule has 1 N–H and O–H groups in total. The van der Waals surface area contributed by atoms with Gasteiger partial charge in [-0.05, 0) is 92.8 Å². The molecule has 1 nitrogen and oxygen atoms in total. The van der Waals surface area contributed by atoms with Gasteiger partial charge in [0.2, 0.25) is 0 Å². The van der Waals surface area contributed by atoms with E-state index in [1.54, 1.807) is 5.57 Å². The van der Waals surface area contributed by atoms with Gasteiger partial charge in [0.15, 0.2) is 0 Å². The molecule has 0 bridgehead atoms. The molecule has 0 amide bonds. The van der Waals surface area contributed by atoms with E-state index in [2.05, 4.69) is 38.7 Å². The van der Waals surface area contributed by atoms with Crippen molar-refractivity contribution in [2.24, 2.45) is 40.4 Å². The van der Waals surface area contributed by atoms with Crippen LogP contribution in [0.1, 0.15) is 79.1 Å². The van der Waals surface area contributed by atoms with Crippen molar-refractivity contribution in [2.45, 2.75) is 85.2 Å². The second-order valence-electron chi connectivity index (χ2n) is 10.1. The second-order valence-corrected chi connectivity index (χ2v) is 10.1. The maximum Gasteiger partial charge on any atom is 0.0577 e. The van der Waals surface area contributed by atoms with Gasteiger partial charge in [0.05, 0.1) is 6.10 Å². The van der Waals surface area contributed by atoms with E-state index in [-0.39, 0.29) is 6.10 Å². The van der Waals surface area contributed by atoms with Crippen LogP contribution in [0.25, 0.3) is 0 Å². The highest BCUT2D eigenvalue weighted by atomic mass is 16.3. The molecule has 3 saturated carbocycles. The van der Waals surface area contributed by atoms with Gasteiger partial charge in [-0.15, -0.1) is 11.8 Å². The van der Waals surface area contributed by atoms with Crippen LogP contribution in [0.5, 0.6) is 0 Å². The zero-order valence-electron chi connectivity index (χ0n) is 16.6. The predicted molar refractivity (Wildman–Crippen MR) is 104 cm³/mol. The van der Waals surface area contributed by atoms with Gasteiger partial charge in [0, 0.05) is 5.92 Å². The summed E-state index contributed by atoms with van der Waals surface area (Å²) < 4.78 is 0. The highest BCUT2D eigenvalue weighted by molar-refractivity contribution is 5.25. The number of hydrogen-bond acceptors (Lipinski definition) is 1. The van der Waals surface area contributed by atoms with Crippen LogP contribution in [0, 0.1) is 52.3 Å². The minimum absolute atomic E-state index is 0.0888. The molecule has 8 atom stereocenters. The van der Waals surface area contributed by atoms with Crippen LogP contribution in [0.3, 0.4) is 0 Å². The molecule has 0 radical (unpaired) electrons. The van der Waals surface area contributed by atoms with Crippen molar-refractivity contribution in [3.05, 3.63) is 11.6 Å². The molecule has 3 fully saturated rings. The molecular formula is C24H36O. The first-order valence-corrected chi connectivity index (χ1v) is 10.7. The maximum absolute atomic E-state index is 10.1. The summed E-state index contributed by atoms with van der Waals surface area (Å²) in [6.07, 6.45) is 12.5. The van der Waals surface area contributed by atoms with Gasteiger partial charge in [0.25, 0.3) is 0 Å². The average Bonchev–Trinajstić information content (AvgIpc) is 2.93. The highest BCUT2D eigenvalue weighted by Gasteiger charge is 2.59. The highest BCUT2D eigenvalue weighted by Crippen LogP contribution is 2.67. The smallest absolute Gasteiger partial charge is 0.0577 e. The van der Waals surface area contributed by atoms with Crippen molar-refractivity contribution in [1.29, 1.82) is 0 Å². The van der Waals surface area contributed by atoms with Crippen LogP contribution >= 0.6 is 0 Å². The third-order valence-electron chi connectivity index (χ3n) is 9.13. The molecule has 0 aliphatic heterocycles. The van der Waals surface area contributed by atoms with Gasteiger partial charge in [-0.1, -0.05) is 32.4 Å². The van der Waals surface area contributed by atoms with E-state index >= 15 is 0 Å². The number of aliphatic hydroxyl groups excluding tert-OH is 1. The zero-order chi connectivity index (χ0) is 17.8. The SMILES string of the molecule is CC#CC(C)[C@H]1CCC2C3CC=C4C[C@@H](O)CC[C@]4(C)C3CC[C@@]21C. The van der Waals surface area contributed by atoms with Crippen LogP contribution in [0.2, 0.25) is 0 Å². The standard InChI is InChI=1S/C24H36O/c1-5-6-16(2)20-9-10-21-19-8-7-17-15-18(25)11-13-23(17,3)22(19)12-14-24(20,21)4/h7,16,18-22,25H,8-15H2,1-4H3/t16?,18-,19?,20+,21?,22?,23-,24+/m0/s1. The first kappa shape index (κ1) is 17.7. The summed E-state index contributed by atoms with van der Waals surface area (Å²) in [5, 5.41) is 10.1. The lowest BCUT2D eigenvalue weighted by Gasteiger charge is -2.58. The Hall–Kier alpha value is -0.740. The van der Waals surface area contributed by atoms with Gasteiger partial charge in [-0.3, -0.25) is 0 Å². The Bertz CT molecular complexity index is 622. The molecule has 1 heteroatoms. The van der Waals surface area contributed by atoms with Crippen molar-refractivity contribution < 1.29 is 5.11 Å². The third-order valence-corrected chi connectivity index (χ3v) is 9.13. The Kier molecular flexibility index (Phi) is 4.35. The summed E-state index contributed by atoms with van der Waals surface area (Å²) >= 11 is 0. The van der Waals surface area contributed by atoms with E-state index in [1.807, 2.05) is 6.92 Å². The largest absolute Gasteiger partial charge is 0.393 e. The predicted octanol–water partition coefficient (Wildman–Crippen LogP) is 5.59. The van der Waals surface area contributed by atoms with Crippen molar-refractivity contribution in [3.63, 3.8) is 0 Å². The van der Waals surface area contributed by atoms with Crippen LogP contribution < -0.4 is 0 Å². The zero-order valence-corrected chi connectivity index (χ0v) is 16.6. The molecule has 0 heterocycles. The van der Waals surface area contributed by atoms with Gasteiger partial charge in [-0.2, -0.15) is 0 Å². The van der Waals surface area contributed by atoms with E-state index in [0.717, 1.165) is 36.5 Å². The molecule has 0 aromatic carbocycles. The Morgan fingerprint density at radius 1 is 1.12 bits per heavy atom. The molecule has 138 valence electrons. The maximum atomic E-state index is 10.1. The van der Waals surface area contributed by atoms with Crippen molar-refractivity contribution in [3.8, 4) is 11.8 Å². The Labute approximate surface area is 154 Å². The molecule has 4 aliphatic carbocycles. The summed E-state index contributed by atoms with van der Waals surface area (Å²) in [5.74, 6) is 10.6. The number of rotatable bonds is 1. The third kappa shape index (κ3) is 2.55. The first-order valence-electron chi connectivity index (χ1n) is 10.7. The van der Waals surface area contributed by atoms with Crippen LogP contribution in [-0.2, 0) is 0 Å². The van der Waals surface area contributed by atoms with Crippen LogP contribution in [0.4, 0.5) is 0 Å². The molecule has 4 aliphatic rings. The monoisotopic (exact) mass is 340 g/mol. The van der Waals surface area contributed by atoms with E-state index in [4.69, 9.17) is 0 Å². The number of allylic oxidation sites excluding steroid dienone is 1. The topological polar surface area (TPSA) is 20.2 Å². The van der Waals surface area contributed by atoms with Crippen molar-refractivity contribution in [2.75, 3.05) is 0 Å². The molecule has 25 heavy (non-hydrogen) atoms. The lowest BCUT2D eigenvalue weighted by atomic mass is 9.47. The van der Waals surface area contributed by atoms with Gasteiger partial charge >= 0.3 is 0 Å². The molecular weight excluding hydrogens is 304 g/mol. The fourth-order valence-electron chi connectivity index (χ4n) is 7.83. The number of fused-ring (bicyclic) bond motifs is 5. The Morgan fingerprint density at radius 2 is 1.92 bits per heavy atom. The summed E-state index contributed by atoms with van der Waals surface area (Å²) in [4.78, 5) is 0. The average molecular weight is 341 g/mol. The normalized spacial score (nSPS) is 49.8. The van der Waals surface area contributed by atoms with Gasteiger partial charge in [-0.25, -0.2) is 0 Å². The van der Waals surface area contributed by atoms with Crippen molar-refractivity contribution in [1.82, 2.24) is 0 Å². The van der Waals surface area contributed by atoms with E-state index in [1.165, 1.54) is 38.5 Å². The van der Waals surface area contributed by atoms with Gasteiger partial charge < -0.3 is 5.11 Å². The molecule has 4 unspecified atom stereocenters. The molecule has 0 aromatic heterocycles. The summed E-state index contributed by atoms with van der Waals surface area (Å²) in [7, 11) is 0. The minimum atomic E-state index is -0.0888. The lowest BCUT2D eigenvalue weighted by Crippen LogP contribution is -2.50. The molecule has 4 rings (SSSR count). The number of hydrogen-bond donors (Lipinski definition) is 1. The van der Waals surface area contributed by atoms with E-state index in [0.29, 0.717) is 16.7 Å². The molecule has 0 spiro atoms. The van der Waals surface area contributed by atoms with E-state index < -0.39 is 0 Å². The number of aliphatic hydroxyl groups is 1. The van der Waals surface area contributed by atoms with Crippen LogP contribution in [0.15, 0.2) is 11.6 Å². The van der Waals surface area contributed by atoms with Crippen molar-refractivity contribution >= 4 is 0 Å². The quantitative estimate of drug-likeness (QED) is 0.487. The second kappa shape index (κ2) is 6.16. The van der Waals surface area contributed by atoms with E-state index in [9.17, 15) is 5.11 Å². The molecule has 0 aromatic rings. The summed E-state index contributed by atoms with van der Waals surface area (Å²) in [6, 6.07) is 0.